The molecule has 1 aromatic carbocycles. The summed E-state index contributed by atoms with van der Waals surface area (Å²) in [6.45, 7) is 3.20. The fraction of sp³-hybridized carbons (Fsp3) is 0.214. The highest BCUT2D eigenvalue weighted by atomic mass is 32.2. The van der Waals surface area contributed by atoms with Gasteiger partial charge in [-0.05, 0) is 31.2 Å². The third-order valence-corrected chi connectivity index (χ3v) is 4.30. The molecule has 1 atom stereocenters. The smallest absolute Gasteiger partial charge is 0.122 e. The number of para-hydroxylation sites is 1. The largest absolute Gasteiger partial charge is 0.353 e. The van der Waals surface area contributed by atoms with E-state index in [1.54, 1.807) is 0 Å². The van der Waals surface area contributed by atoms with E-state index in [1.807, 2.05) is 24.0 Å². The van der Waals surface area contributed by atoms with Crippen LogP contribution in [0.2, 0.25) is 0 Å². The van der Waals surface area contributed by atoms with Gasteiger partial charge >= 0.3 is 0 Å². The van der Waals surface area contributed by atoms with E-state index in [2.05, 4.69) is 53.2 Å². The molecule has 1 aliphatic rings. The Morgan fingerprint density at radius 2 is 2.00 bits per heavy atom. The summed E-state index contributed by atoms with van der Waals surface area (Å²) < 4.78 is 0. The lowest BCUT2D eigenvalue weighted by Crippen LogP contribution is -2.23. The first-order valence-electron chi connectivity index (χ1n) is 5.83. The van der Waals surface area contributed by atoms with E-state index in [-0.39, 0.29) is 0 Å². The Morgan fingerprint density at radius 3 is 2.76 bits per heavy atom. The van der Waals surface area contributed by atoms with Gasteiger partial charge in [-0.3, -0.25) is 4.98 Å². The Bertz CT molecular complexity index is 513. The molecule has 0 bridgehead atoms. The third kappa shape index (κ3) is 1.80. The standard InChI is InChI=1S/C14H14N2S/c1-2-16-12-8-3-4-9-13(12)17-14(16)11-7-5-6-10-15-11/h3-10,14H,2H2,1H3. The number of hydrogen-bond donors (Lipinski definition) is 0. The average Bonchev–Trinajstić information content (AvgIpc) is 2.78. The van der Waals surface area contributed by atoms with Crippen LogP contribution in [0.25, 0.3) is 0 Å². The summed E-state index contributed by atoms with van der Waals surface area (Å²) >= 11 is 1.89. The third-order valence-electron chi connectivity index (χ3n) is 2.98. The fourth-order valence-electron chi connectivity index (χ4n) is 2.18. The average molecular weight is 242 g/mol. The second-order valence-corrected chi connectivity index (χ2v) is 5.10. The molecular formula is C14H14N2S. The van der Waals surface area contributed by atoms with Gasteiger partial charge in [-0.15, -0.1) is 0 Å². The summed E-state index contributed by atoms with van der Waals surface area (Å²) in [6.07, 6.45) is 1.87. The molecule has 0 N–H and O–H groups in total. The van der Waals surface area contributed by atoms with Gasteiger partial charge in [0.2, 0.25) is 0 Å². The molecule has 0 saturated carbocycles. The summed E-state index contributed by atoms with van der Waals surface area (Å²) in [5, 5.41) is 0.318. The summed E-state index contributed by atoms with van der Waals surface area (Å²) in [5.74, 6) is 0. The topological polar surface area (TPSA) is 16.1 Å². The maximum atomic E-state index is 4.48. The number of hydrogen-bond acceptors (Lipinski definition) is 3. The SMILES string of the molecule is CCN1c2ccccc2SC1c1ccccn1. The molecule has 0 radical (unpaired) electrons. The zero-order chi connectivity index (χ0) is 11.7. The van der Waals surface area contributed by atoms with Crippen LogP contribution in [0.5, 0.6) is 0 Å². The van der Waals surface area contributed by atoms with E-state index in [9.17, 15) is 0 Å². The van der Waals surface area contributed by atoms with Crippen LogP contribution in [0.3, 0.4) is 0 Å². The molecule has 0 spiro atoms. The van der Waals surface area contributed by atoms with E-state index in [0.717, 1.165) is 12.2 Å². The molecule has 1 unspecified atom stereocenters. The number of fused-ring (bicyclic) bond motifs is 1. The minimum atomic E-state index is 0.318. The molecule has 2 aromatic rings. The molecule has 0 amide bonds. The lowest BCUT2D eigenvalue weighted by Gasteiger charge is -2.24. The van der Waals surface area contributed by atoms with Gasteiger partial charge in [0.15, 0.2) is 0 Å². The Kier molecular flexibility index (Phi) is 2.77. The highest BCUT2D eigenvalue weighted by Crippen LogP contribution is 2.50. The van der Waals surface area contributed by atoms with Crippen molar-refractivity contribution in [3.05, 3.63) is 54.4 Å². The fourth-order valence-corrected chi connectivity index (χ4v) is 3.54. The Morgan fingerprint density at radius 1 is 1.18 bits per heavy atom. The Hall–Kier alpha value is -1.48. The Balaban J connectivity index is 2.00. The van der Waals surface area contributed by atoms with Crippen molar-refractivity contribution < 1.29 is 0 Å². The summed E-state index contributed by atoms with van der Waals surface area (Å²) in [7, 11) is 0. The van der Waals surface area contributed by atoms with Crippen LogP contribution < -0.4 is 4.90 Å². The van der Waals surface area contributed by atoms with E-state index >= 15 is 0 Å². The molecule has 1 aliphatic heterocycles. The minimum absolute atomic E-state index is 0.318. The van der Waals surface area contributed by atoms with Crippen molar-refractivity contribution in [1.29, 1.82) is 0 Å². The second-order valence-electron chi connectivity index (χ2n) is 3.98. The van der Waals surface area contributed by atoms with E-state index < -0.39 is 0 Å². The molecule has 17 heavy (non-hydrogen) atoms. The van der Waals surface area contributed by atoms with Crippen LogP contribution >= 0.6 is 11.8 Å². The van der Waals surface area contributed by atoms with E-state index in [1.165, 1.54) is 10.6 Å². The molecule has 86 valence electrons. The first-order valence-corrected chi connectivity index (χ1v) is 6.71. The number of anilines is 1. The van der Waals surface area contributed by atoms with Crippen LogP contribution in [0, 0.1) is 0 Å². The van der Waals surface area contributed by atoms with Gasteiger partial charge in [-0.2, -0.15) is 0 Å². The normalized spacial score (nSPS) is 18.2. The molecule has 1 aromatic heterocycles. The number of benzene rings is 1. The molecule has 0 saturated heterocycles. The maximum Gasteiger partial charge on any atom is 0.122 e. The van der Waals surface area contributed by atoms with Crippen molar-refractivity contribution in [2.45, 2.75) is 17.2 Å². The van der Waals surface area contributed by atoms with Crippen molar-refractivity contribution in [3.8, 4) is 0 Å². The monoisotopic (exact) mass is 242 g/mol. The second kappa shape index (κ2) is 4.41. The van der Waals surface area contributed by atoms with Crippen LogP contribution in [-0.2, 0) is 0 Å². The van der Waals surface area contributed by atoms with Gasteiger partial charge in [0.1, 0.15) is 5.37 Å². The first kappa shape index (κ1) is 10.7. The van der Waals surface area contributed by atoms with Gasteiger partial charge in [-0.1, -0.05) is 30.0 Å². The molecule has 3 heteroatoms. The van der Waals surface area contributed by atoms with Crippen LogP contribution in [0.15, 0.2) is 53.6 Å². The van der Waals surface area contributed by atoms with Gasteiger partial charge in [0.25, 0.3) is 0 Å². The van der Waals surface area contributed by atoms with Crippen molar-refractivity contribution in [2.75, 3.05) is 11.4 Å². The lowest BCUT2D eigenvalue weighted by atomic mass is 10.2. The number of thioether (sulfide) groups is 1. The molecule has 2 nitrogen and oxygen atoms in total. The lowest BCUT2D eigenvalue weighted by molar-refractivity contribution is 0.803. The van der Waals surface area contributed by atoms with Gasteiger partial charge < -0.3 is 4.90 Å². The van der Waals surface area contributed by atoms with Gasteiger partial charge in [-0.25, -0.2) is 0 Å². The van der Waals surface area contributed by atoms with E-state index in [4.69, 9.17) is 0 Å². The van der Waals surface area contributed by atoms with Crippen molar-refractivity contribution in [2.24, 2.45) is 0 Å². The minimum Gasteiger partial charge on any atom is -0.353 e. The maximum absolute atomic E-state index is 4.48. The predicted molar refractivity (Wildman–Crippen MR) is 72.3 cm³/mol. The van der Waals surface area contributed by atoms with Crippen molar-refractivity contribution in [1.82, 2.24) is 4.98 Å². The summed E-state index contributed by atoms with van der Waals surface area (Å²) in [6, 6.07) is 14.7. The predicted octanol–water partition coefficient (Wildman–Crippen LogP) is 3.71. The number of nitrogens with zero attached hydrogens (tertiary/aromatic N) is 2. The summed E-state index contributed by atoms with van der Waals surface area (Å²) in [5.41, 5.74) is 2.46. The summed E-state index contributed by atoms with van der Waals surface area (Å²) in [4.78, 5) is 8.24. The van der Waals surface area contributed by atoms with Crippen LogP contribution in [-0.4, -0.2) is 11.5 Å². The zero-order valence-corrected chi connectivity index (χ0v) is 10.5. The molecule has 3 rings (SSSR count). The highest BCUT2D eigenvalue weighted by Gasteiger charge is 2.30. The zero-order valence-electron chi connectivity index (χ0n) is 9.71. The molecule has 2 heterocycles. The highest BCUT2D eigenvalue weighted by molar-refractivity contribution is 8.00. The Labute approximate surface area is 106 Å². The first-order chi connectivity index (χ1) is 8.40. The van der Waals surface area contributed by atoms with Crippen molar-refractivity contribution in [3.63, 3.8) is 0 Å². The molecular weight excluding hydrogens is 228 g/mol. The van der Waals surface area contributed by atoms with Gasteiger partial charge in [0, 0.05) is 17.6 Å². The van der Waals surface area contributed by atoms with E-state index in [0.29, 0.717) is 5.37 Å². The van der Waals surface area contributed by atoms with Gasteiger partial charge in [0.05, 0.1) is 11.4 Å². The number of rotatable bonds is 2. The van der Waals surface area contributed by atoms with Crippen LogP contribution in [0.1, 0.15) is 18.0 Å². The van der Waals surface area contributed by atoms with Crippen LogP contribution in [0.4, 0.5) is 5.69 Å². The van der Waals surface area contributed by atoms with Crippen molar-refractivity contribution >= 4 is 17.4 Å². The quantitative estimate of drug-likeness (QED) is 0.798. The molecule has 0 aliphatic carbocycles. The number of aromatic nitrogens is 1. The molecule has 0 fully saturated rings. The number of pyridine rings is 1.